The molecule has 1 atom stereocenters. The molecule has 1 N–H and O–H groups in total. The van der Waals surface area contributed by atoms with E-state index in [0.29, 0.717) is 6.04 Å². The van der Waals surface area contributed by atoms with Crippen LogP contribution in [0.5, 0.6) is 0 Å². The van der Waals surface area contributed by atoms with Crippen molar-refractivity contribution >= 4 is 5.91 Å². The topological polar surface area (TPSA) is 32.3 Å². The molecule has 4 rings (SSSR count). The van der Waals surface area contributed by atoms with Gasteiger partial charge in [-0.2, -0.15) is 0 Å². The van der Waals surface area contributed by atoms with Crippen LogP contribution in [-0.4, -0.2) is 28.9 Å². The van der Waals surface area contributed by atoms with Gasteiger partial charge >= 0.3 is 0 Å². The Bertz CT molecular complexity index is 817. The molecule has 0 aliphatic carbocycles. The Hall–Kier alpha value is -2.13. The molecule has 1 unspecified atom stereocenters. The summed E-state index contributed by atoms with van der Waals surface area (Å²) < 4.78 is 0. The van der Waals surface area contributed by atoms with Crippen LogP contribution in [0, 0.1) is 13.8 Å². The number of rotatable bonds is 6. The highest BCUT2D eigenvalue weighted by molar-refractivity contribution is 5.97. The third-order valence-corrected chi connectivity index (χ3v) is 6.95. The average Bonchev–Trinajstić information content (AvgIpc) is 3.22. The molecular weight excluding hydrogens is 344 g/mol. The molecule has 2 bridgehead atoms. The van der Waals surface area contributed by atoms with Crippen LogP contribution >= 0.6 is 0 Å². The van der Waals surface area contributed by atoms with E-state index in [1.807, 2.05) is 32.0 Å². The molecular formula is C25H32N2O. The van der Waals surface area contributed by atoms with Crippen LogP contribution in [0.1, 0.15) is 72.1 Å². The van der Waals surface area contributed by atoms with E-state index < -0.39 is 0 Å². The zero-order chi connectivity index (χ0) is 19.7. The molecule has 0 radical (unpaired) electrons. The largest absolute Gasteiger partial charge is 0.343 e. The number of hydrogen-bond donors (Lipinski definition) is 1. The number of aryl methyl sites for hydroxylation is 2. The second-order valence-electron chi connectivity index (χ2n) is 8.61. The Labute approximate surface area is 169 Å². The molecule has 2 aliphatic rings. The summed E-state index contributed by atoms with van der Waals surface area (Å²) in [5.74, 6) is 0.0608. The van der Waals surface area contributed by atoms with Gasteiger partial charge in [-0.05, 0) is 69.2 Å². The van der Waals surface area contributed by atoms with Crippen molar-refractivity contribution in [1.29, 1.82) is 0 Å². The van der Waals surface area contributed by atoms with E-state index in [1.54, 1.807) is 0 Å². The van der Waals surface area contributed by atoms with Crippen LogP contribution in [0.3, 0.4) is 0 Å². The van der Waals surface area contributed by atoms with E-state index in [9.17, 15) is 4.79 Å². The number of nitrogens with one attached hydrogen (secondary N) is 1. The number of carbonyl (C=O) groups excluding carboxylic acids is 1. The molecule has 3 nitrogen and oxygen atoms in total. The van der Waals surface area contributed by atoms with Crippen LogP contribution in [0.4, 0.5) is 0 Å². The summed E-state index contributed by atoms with van der Waals surface area (Å²) in [6, 6.07) is 17.4. The Balaban J connectivity index is 1.72. The lowest BCUT2D eigenvalue weighted by atomic mass is 9.78. The summed E-state index contributed by atoms with van der Waals surface area (Å²) in [4.78, 5) is 16.2. The first-order valence-corrected chi connectivity index (χ1v) is 10.8. The minimum absolute atomic E-state index is 0.0271. The van der Waals surface area contributed by atoms with Crippen LogP contribution in [0.2, 0.25) is 0 Å². The second-order valence-corrected chi connectivity index (χ2v) is 8.61. The summed E-state index contributed by atoms with van der Waals surface area (Å²) in [6.45, 7) is 7.44. The highest BCUT2D eigenvalue weighted by atomic mass is 16.1. The Morgan fingerprint density at radius 2 is 1.71 bits per heavy atom. The quantitative estimate of drug-likeness (QED) is 0.753. The summed E-state index contributed by atoms with van der Waals surface area (Å²) in [7, 11) is 0. The maximum absolute atomic E-state index is 13.4. The lowest BCUT2D eigenvalue weighted by Gasteiger charge is -2.42. The van der Waals surface area contributed by atoms with E-state index in [0.717, 1.165) is 29.7 Å². The van der Waals surface area contributed by atoms with Gasteiger partial charge in [0.2, 0.25) is 0 Å². The molecule has 28 heavy (non-hydrogen) atoms. The van der Waals surface area contributed by atoms with E-state index in [-0.39, 0.29) is 17.5 Å². The predicted molar refractivity (Wildman–Crippen MR) is 115 cm³/mol. The van der Waals surface area contributed by atoms with Gasteiger partial charge in [0, 0.05) is 17.1 Å². The highest BCUT2D eigenvalue weighted by Crippen LogP contribution is 2.52. The molecule has 1 amide bonds. The molecule has 2 aromatic carbocycles. The molecule has 2 aliphatic heterocycles. The molecule has 0 spiro atoms. The normalized spacial score (nSPS) is 25.0. The van der Waals surface area contributed by atoms with Crippen molar-refractivity contribution in [2.75, 3.05) is 6.54 Å². The van der Waals surface area contributed by atoms with Gasteiger partial charge in [-0.3, -0.25) is 9.69 Å². The standard InChI is InChI=1S/C25H32N2O/c1-4-17-27-21-13-15-25(27,16-14-21)23(20-11-6-5-7-12-20)26-24(28)22-18(2)9-8-10-19(22)3/h5-12,21,23H,4,13-17H2,1-3H3,(H,26,28). The van der Waals surface area contributed by atoms with Crippen LogP contribution in [-0.2, 0) is 0 Å². The SMILES string of the molecule is CCCN1C2CCC1(C(NC(=O)c1c(C)cccc1C)c1ccccc1)CC2. The number of benzene rings is 2. The second kappa shape index (κ2) is 7.71. The maximum atomic E-state index is 13.4. The van der Waals surface area contributed by atoms with E-state index in [1.165, 1.54) is 31.2 Å². The van der Waals surface area contributed by atoms with Crippen molar-refractivity contribution in [1.82, 2.24) is 10.2 Å². The number of carbonyl (C=O) groups is 1. The molecule has 0 aromatic heterocycles. The van der Waals surface area contributed by atoms with Crippen molar-refractivity contribution in [3.63, 3.8) is 0 Å². The molecule has 3 heteroatoms. The molecule has 148 valence electrons. The number of fused-ring (bicyclic) bond motifs is 2. The monoisotopic (exact) mass is 376 g/mol. The lowest BCUT2D eigenvalue weighted by molar-refractivity contribution is 0.0781. The van der Waals surface area contributed by atoms with Gasteiger partial charge in [-0.25, -0.2) is 0 Å². The molecule has 2 aromatic rings. The zero-order valence-corrected chi connectivity index (χ0v) is 17.4. The summed E-state index contributed by atoms with van der Waals surface area (Å²) >= 11 is 0. The summed E-state index contributed by atoms with van der Waals surface area (Å²) in [5, 5.41) is 3.50. The molecule has 2 saturated heterocycles. The fourth-order valence-electron chi connectivity index (χ4n) is 5.71. The van der Waals surface area contributed by atoms with Gasteiger partial charge in [-0.1, -0.05) is 55.5 Å². The Morgan fingerprint density at radius 3 is 2.32 bits per heavy atom. The van der Waals surface area contributed by atoms with Crippen molar-refractivity contribution in [2.45, 2.75) is 70.5 Å². The summed E-state index contributed by atoms with van der Waals surface area (Å²) in [6.07, 6.45) is 6.00. The molecule has 2 fully saturated rings. The van der Waals surface area contributed by atoms with Crippen molar-refractivity contribution in [3.8, 4) is 0 Å². The van der Waals surface area contributed by atoms with E-state index >= 15 is 0 Å². The van der Waals surface area contributed by atoms with Crippen LogP contribution < -0.4 is 5.32 Å². The number of amides is 1. The van der Waals surface area contributed by atoms with Crippen LogP contribution in [0.25, 0.3) is 0 Å². The first-order chi connectivity index (χ1) is 13.6. The fourth-order valence-corrected chi connectivity index (χ4v) is 5.71. The highest BCUT2D eigenvalue weighted by Gasteiger charge is 2.55. The maximum Gasteiger partial charge on any atom is 0.252 e. The summed E-state index contributed by atoms with van der Waals surface area (Å²) in [5.41, 5.74) is 4.19. The van der Waals surface area contributed by atoms with Crippen molar-refractivity contribution in [2.24, 2.45) is 0 Å². The number of nitrogens with zero attached hydrogens (tertiary/aromatic N) is 1. The third-order valence-electron chi connectivity index (χ3n) is 6.95. The first kappa shape index (κ1) is 19.2. The smallest absolute Gasteiger partial charge is 0.252 e. The Kier molecular flexibility index (Phi) is 5.29. The average molecular weight is 377 g/mol. The van der Waals surface area contributed by atoms with Gasteiger partial charge < -0.3 is 5.32 Å². The molecule has 2 heterocycles. The minimum atomic E-state index is 0.0271. The van der Waals surface area contributed by atoms with Gasteiger partial charge in [0.1, 0.15) is 0 Å². The van der Waals surface area contributed by atoms with Gasteiger partial charge in [0.05, 0.1) is 6.04 Å². The minimum Gasteiger partial charge on any atom is -0.343 e. The van der Waals surface area contributed by atoms with E-state index in [4.69, 9.17) is 0 Å². The predicted octanol–water partition coefficient (Wildman–Crippen LogP) is 5.18. The van der Waals surface area contributed by atoms with Crippen LogP contribution in [0.15, 0.2) is 48.5 Å². The Morgan fingerprint density at radius 1 is 1.07 bits per heavy atom. The zero-order valence-electron chi connectivity index (χ0n) is 17.4. The van der Waals surface area contributed by atoms with Crippen molar-refractivity contribution < 1.29 is 4.79 Å². The van der Waals surface area contributed by atoms with E-state index in [2.05, 4.69) is 47.5 Å². The molecule has 0 saturated carbocycles. The fraction of sp³-hybridized carbons (Fsp3) is 0.480. The first-order valence-electron chi connectivity index (χ1n) is 10.8. The lowest BCUT2D eigenvalue weighted by Crippen LogP contribution is -2.52. The van der Waals surface area contributed by atoms with Gasteiger partial charge in [0.15, 0.2) is 0 Å². The van der Waals surface area contributed by atoms with Gasteiger partial charge in [0.25, 0.3) is 5.91 Å². The third kappa shape index (κ3) is 3.16. The number of hydrogen-bond acceptors (Lipinski definition) is 2. The van der Waals surface area contributed by atoms with Gasteiger partial charge in [-0.15, -0.1) is 0 Å². The van der Waals surface area contributed by atoms with Crippen molar-refractivity contribution in [3.05, 3.63) is 70.8 Å².